The van der Waals surface area contributed by atoms with Gasteiger partial charge in [0.25, 0.3) is 5.91 Å². The third-order valence-electron chi connectivity index (χ3n) is 6.83. The molecule has 1 aliphatic heterocycles. The number of hydrogen-bond donors (Lipinski definition) is 1. The lowest BCUT2D eigenvalue weighted by Crippen LogP contribution is -2.30. The van der Waals surface area contributed by atoms with Crippen molar-refractivity contribution in [1.29, 1.82) is 0 Å². The van der Waals surface area contributed by atoms with Crippen LogP contribution in [0.5, 0.6) is 0 Å². The first-order chi connectivity index (χ1) is 17.9. The zero-order valence-corrected chi connectivity index (χ0v) is 22.4. The molecule has 0 saturated heterocycles. The van der Waals surface area contributed by atoms with Gasteiger partial charge >= 0.3 is 0 Å². The highest BCUT2D eigenvalue weighted by Crippen LogP contribution is 2.27. The number of nitrogens with one attached hydrogen (secondary N) is 1. The average Bonchev–Trinajstić information content (AvgIpc) is 3.18. The number of rotatable bonds is 6. The van der Waals surface area contributed by atoms with Crippen LogP contribution in [-0.4, -0.2) is 28.1 Å². The molecule has 0 fully saturated rings. The molecule has 37 heavy (non-hydrogen) atoms. The zero-order valence-electron chi connectivity index (χ0n) is 20.8. The molecular weight excluding hydrogens is 503 g/mol. The van der Waals surface area contributed by atoms with E-state index in [2.05, 4.69) is 44.3 Å². The summed E-state index contributed by atoms with van der Waals surface area (Å²) < 4.78 is 2.07. The summed E-state index contributed by atoms with van der Waals surface area (Å²) in [6, 6.07) is 23.9. The standard InChI is InChI=1S/C30H28Cl2N4O/c1-20-15-26(21(2)36(20)27-11-12-28(31)29(32)16-27)17-33-34-30(37)24-9-7-22(8-10-24)18-35-14-13-23-5-3-4-6-25(23)19-35/h3-12,15-17H,13-14,18-19H2,1-2H3,(H,34,37)/b33-17-. The number of carbonyl (C=O) groups excluding carboxylic acids is 1. The van der Waals surface area contributed by atoms with E-state index in [-0.39, 0.29) is 5.91 Å². The topological polar surface area (TPSA) is 49.6 Å². The molecule has 1 aliphatic rings. The van der Waals surface area contributed by atoms with E-state index in [1.807, 2.05) is 56.3 Å². The lowest BCUT2D eigenvalue weighted by molar-refractivity contribution is 0.0955. The van der Waals surface area contributed by atoms with Gasteiger partial charge in [-0.15, -0.1) is 0 Å². The first-order valence-corrected chi connectivity index (χ1v) is 13.0. The van der Waals surface area contributed by atoms with Crippen molar-refractivity contribution in [3.8, 4) is 5.69 Å². The lowest BCUT2D eigenvalue weighted by Gasteiger charge is -2.28. The summed E-state index contributed by atoms with van der Waals surface area (Å²) in [5, 5.41) is 5.22. The molecule has 0 aliphatic carbocycles. The van der Waals surface area contributed by atoms with Crippen LogP contribution in [0, 0.1) is 13.8 Å². The number of amides is 1. The number of nitrogens with zero attached hydrogens (tertiary/aromatic N) is 3. The Morgan fingerprint density at radius 3 is 2.49 bits per heavy atom. The van der Waals surface area contributed by atoms with Gasteiger partial charge in [0.2, 0.25) is 0 Å². The van der Waals surface area contributed by atoms with Crippen molar-refractivity contribution >= 4 is 35.3 Å². The highest BCUT2D eigenvalue weighted by atomic mass is 35.5. The fourth-order valence-corrected chi connectivity index (χ4v) is 5.17. The molecule has 1 aromatic heterocycles. The lowest BCUT2D eigenvalue weighted by atomic mass is 9.99. The molecule has 1 N–H and O–H groups in total. The molecule has 188 valence electrons. The second-order valence-electron chi connectivity index (χ2n) is 9.39. The minimum Gasteiger partial charge on any atom is -0.318 e. The normalized spacial score (nSPS) is 13.6. The summed E-state index contributed by atoms with van der Waals surface area (Å²) in [5.74, 6) is -0.243. The van der Waals surface area contributed by atoms with Gasteiger partial charge in [0.15, 0.2) is 0 Å². The number of carbonyl (C=O) groups is 1. The van der Waals surface area contributed by atoms with Gasteiger partial charge in [0.1, 0.15) is 0 Å². The van der Waals surface area contributed by atoms with Gasteiger partial charge in [-0.2, -0.15) is 5.10 Å². The highest BCUT2D eigenvalue weighted by molar-refractivity contribution is 6.42. The number of benzene rings is 3. The molecule has 0 unspecified atom stereocenters. The maximum Gasteiger partial charge on any atom is 0.271 e. The Bertz CT molecular complexity index is 1470. The van der Waals surface area contributed by atoms with Gasteiger partial charge in [0, 0.05) is 47.8 Å². The Labute approximate surface area is 227 Å². The maximum atomic E-state index is 12.7. The molecule has 0 bridgehead atoms. The maximum absolute atomic E-state index is 12.7. The van der Waals surface area contributed by atoms with Crippen LogP contribution in [0.15, 0.2) is 77.9 Å². The minimum absolute atomic E-state index is 0.243. The summed E-state index contributed by atoms with van der Waals surface area (Å²) in [7, 11) is 0. The predicted molar refractivity (Wildman–Crippen MR) is 151 cm³/mol. The second-order valence-corrected chi connectivity index (χ2v) is 10.2. The molecule has 0 atom stereocenters. The van der Waals surface area contributed by atoms with E-state index in [1.54, 1.807) is 12.3 Å². The summed E-state index contributed by atoms with van der Waals surface area (Å²) in [4.78, 5) is 15.1. The number of aromatic nitrogens is 1. The average molecular weight is 531 g/mol. The Balaban J connectivity index is 1.20. The molecule has 0 spiro atoms. The van der Waals surface area contributed by atoms with Gasteiger partial charge in [-0.25, -0.2) is 5.43 Å². The van der Waals surface area contributed by atoms with Crippen LogP contribution in [-0.2, 0) is 19.5 Å². The van der Waals surface area contributed by atoms with E-state index < -0.39 is 0 Å². The molecule has 7 heteroatoms. The van der Waals surface area contributed by atoms with Crippen LogP contribution in [0.4, 0.5) is 0 Å². The van der Waals surface area contributed by atoms with Crippen LogP contribution in [0.2, 0.25) is 10.0 Å². The molecular formula is C30H28Cl2N4O. The highest BCUT2D eigenvalue weighted by Gasteiger charge is 2.16. The van der Waals surface area contributed by atoms with E-state index in [9.17, 15) is 4.79 Å². The first-order valence-electron chi connectivity index (χ1n) is 12.2. The fraction of sp³-hybridized carbons (Fsp3) is 0.200. The minimum atomic E-state index is -0.243. The zero-order chi connectivity index (χ0) is 25.9. The van der Waals surface area contributed by atoms with Crippen LogP contribution in [0.3, 0.4) is 0 Å². The van der Waals surface area contributed by atoms with Crippen molar-refractivity contribution in [2.24, 2.45) is 5.10 Å². The molecule has 2 heterocycles. The fourth-order valence-electron chi connectivity index (χ4n) is 4.87. The Morgan fingerprint density at radius 2 is 1.73 bits per heavy atom. The van der Waals surface area contributed by atoms with Crippen molar-refractivity contribution in [2.75, 3.05) is 6.54 Å². The van der Waals surface area contributed by atoms with Crippen LogP contribution >= 0.6 is 23.2 Å². The third kappa shape index (κ3) is 5.64. The van der Waals surface area contributed by atoms with Gasteiger partial charge in [-0.3, -0.25) is 9.69 Å². The van der Waals surface area contributed by atoms with E-state index in [1.165, 1.54) is 16.7 Å². The number of aryl methyl sites for hydroxylation is 1. The quantitative estimate of drug-likeness (QED) is 0.222. The SMILES string of the molecule is Cc1cc(/C=N\NC(=O)c2ccc(CN3CCc4ccccc4C3)cc2)c(C)n1-c1ccc(Cl)c(Cl)c1. The van der Waals surface area contributed by atoms with Crippen molar-refractivity contribution in [3.05, 3.63) is 122 Å². The van der Waals surface area contributed by atoms with Crippen LogP contribution < -0.4 is 5.43 Å². The Hall–Kier alpha value is -3.38. The summed E-state index contributed by atoms with van der Waals surface area (Å²) in [6.07, 6.45) is 2.74. The number of fused-ring (bicyclic) bond motifs is 1. The van der Waals surface area contributed by atoms with Gasteiger partial charge in [-0.1, -0.05) is 59.6 Å². The molecule has 5 nitrogen and oxygen atoms in total. The van der Waals surface area contributed by atoms with E-state index in [0.29, 0.717) is 15.6 Å². The molecule has 4 aromatic rings. The Kier molecular flexibility index (Phi) is 7.47. The van der Waals surface area contributed by atoms with Crippen molar-refractivity contribution < 1.29 is 4.79 Å². The molecule has 5 rings (SSSR count). The Morgan fingerprint density at radius 1 is 0.973 bits per heavy atom. The molecule has 3 aromatic carbocycles. The van der Waals surface area contributed by atoms with Crippen molar-refractivity contribution in [3.63, 3.8) is 0 Å². The first kappa shape index (κ1) is 25.3. The van der Waals surface area contributed by atoms with E-state index in [0.717, 1.165) is 48.7 Å². The molecule has 0 saturated carbocycles. The third-order valence-corrected chi connectivity index (χ3v) is 7.57. The van der Waals surface area contributed by atoms with Crippen LogP contribution in [0.1, 0.15) is 44.0 Å². The predicted octanol–water partition coefficient (Wildman–Crippen LogP) is 6.72. The van der Waals surface area contributed by atoms with Crippen molar-refractivity contribution in [1.82, 2.24) is 14.9 Å². The van der Waals surface area contributed by atoms with Gasteiger partial charge in [0.05, 0.1) is 16.3 Å². The van der Waals surface area contributed by atoms with E-state index in [4.69, 9.17) is 23.2 Å². The summed E-state index contributed by atoms with van der Waals surface area (Å²) in [5.41, 5.74) is 11.1. The monoisotopic (exact) mass is 530 g/mol. The molecule has 1 amide bonds. The molecule has 0 radical (unpaired) electrons. The van der Waals surface area contributed by atoms with E-state index >= 15 is 0 Å². The second kappa shape index (κ2) is 10.9. The van der Waals surface area contributed by atoms with Crippen LogP contribution in [0.25, 0.3) is 5.69 Å². The van der Waals surface area contributed by atoms with Gasteiger partial charge in [-0.05, 0) is 73.4 Å². The largest absolute Gasteiger partial charge is 0.318 e. The summed E-state index contributed by atoms with van der Waals surface area (Å²) in [6.45, 7) is 6.87. The smallest absolute Gasteiger partial charge is 0.271 e. The number of hydrogen-bond acceptors (Lipinski definition) is 3. The summed E-state index contributed by atoms with van der Waals surface area (Å²) >= 11 is 12.3. The number of halogens is 2. The van der Waals surface area contributed by atoms with Gasteiger partial charge < -0.3 is 4.57 Å². The van der Waals surface area contributed by atoms with Crippen molar-refractivity contribution in [2.45, 2.75) is 33.4 Å². The number of hydrazone groups is 1.